The molecule has 0 saturated heterocycles. The Bertz CT molecular complexity index is 495. The highest BCUT2D eigenvalue weighted by Crippen LogP contribution is 2.44. The standard InChI is InChI=1S/C17H25BrO3S/c1-11(9-18)5-6-12(2)17-14-8-16(20-4)15(19-3)7-13(14)10-22-21-17/h7-8,11-12,17H,5-6,9-10H2,1-4H3. The van der Waals surface area contributed by atoms with E-state index < -0.39 is 0 Å². The second-order valence-electron chi connectivity index (χ2n) is 6.00. The number of ether oxygens (including phenoxy) is 2. The van der Waals surface area contributed by atoms with E-state index in [1.54, 1.807) is 26.3 Å². The van der Waals surface area contributed by atoms with Crippen molar-refractivity contribution in [1.82, 2.24) is 0 Å². The molecule has 3 nitrogen and oxygen atoms in total. The van der Waals surface area contributed by atoms with E-state index in [0.717, 1.165) is 29.0 Å². The number of benzene rings is 1. The van der Waals surface area contributed by atoms with Crippen molar-refractivity contribution in [3.05, 3.63) is 23.3 Å². The maximum Gasteiger partial charge on any atom is 0.161 e. The largest absolute Gasteiger partial charge is 0.493 e. The van der Waals surface area contributed by atoms with E-state index in [2.05, 4.69) is 41.9 Å². The summed E-state index contributed by atoms with van der Waals surface area (Å²) >= 11 is 5.10. The van der Waals surface area contributed by atoms with Crippen LogP contribution in [-0.4, -0.2) is 19.5 Å². The molecule has 1 aliphatic rings. The molecule has 3 unspecified atom stereocenters. The van der Waals surface area contributed by atoms with Crippen LogP contribution in [0.15, 0.2) is 12.1 Å². The Labute approximate surface area is 146 Å². The van der Waals surface area contributed by atoms with Gasteiger partial charge in [-0.15, -0.1) is 0 Å². The van der Waals surface area contributed by atoms with Crippen molar-refractivity contribution < 1.29 is 13.7 Å². The fourth-order valence-corrected chi connectivity index (χ4v) is 3.94. The number of halogens is 1. The topological polar surface area (TPSA) is 27.7 Å². The second-order valence-corrected chi connectivity index (χ2v) is 7.36. The Morgan fingerprint density at radius 3 is 2.55 bits per heavy atom. The number of hydrogen-bond donors (Lipinski definition) is 0. The maximum atomic E-state index is 6.01. The molecule has 0 amide bonds. The predicted octanol–water partition coefficient (Wildman–Crippen LogP) is 5.37. The molecule has 0 spiro atoms. The average Bonchev–Trinajstić information content (AvgIpc) is 2.57. The van der Waals surface area contributed by atoms with Crippen LogP contribution in [0.3, 0.4) is 0 Å². The first-order valence-electron chi connectivity index (χ1n) is 7.69. The van der Waals surface area contributed by atoms with Gasteiger partial charge in [0.05, 0.1) is 14.2 Å². The molecule has 0 saturated carbocycles. The van der Waals surface area contributed by atoms with Gasteiger partial charge in [0.1, 0.15) is 6.10 Å². The number of methoxy groups -OCH3 is 2. The van der Waals surface area contributed by atoms with E-state index in [1.807, 2.05) is 0 Å². The van der Waals surface area contributed by atoms with Crippen molar-refractivity contribution in [2.75, 3.05) is 19.5 Å². The molecule has 1 aromatic rings. The molecule has 1 heterocycles. The first-order valence-corrected chi connectivity index (χ1v) is 9.72. The summed E-state index contributed by atoms with van der Waals surface area (Å²) in [6.07, 6.45) is 2.49. The summed E-state index contributed by atoms with van der Waals surface area (Å²) in [6.45, 7) is 4.55. The van der Waals surface area contributed by atoms with Crippen molar-refractivity contribution >= 4 is 28.0 Å². The van der Waals surface area contributed by atoms with E-state index in [0.29, 0.717) is 11.8 Å². The molecule has 1 aromatic carbocycles. The molecule has 5 heteroatoms. The lowest BCUT2D eigenvalue weighted by Gasteiger charge is -2.30. The number of fused-ring (bicyclic) bond motifs is 1. The van der Waals surface area contributed by atoms with Gasteiger partial charge in [0.25, 0.3) is 0 Å². The predicted molar refractivity (Wildman–Crippen MR) is 96.0 cm³/mol. The van der Waals surface area contributed by atoms with E-state index in [9.17, 15) is 0 Å². The summed E-state index contributed by atoms with van der Waals surface area (Å²) in [4.78, 5) is 0. The van der Waals surface area contributed by atoms with Crippen LogP contribution in [0.4, 0.5) is 0 Å². The maximum absolute atomic E-state index is 6.01. The van der Waals surface area contributed by atoms with Gasteiger partial charge in [-0.25, -0.2) is 0 Å². The zero-order valence-corrected chi connectivity index (χ0v) is 16.1. The first kappa shape index (κ1) is 18.0. The summed E-state index contributed by atoms with van der Waals surface area (Å²) in [5, 5.41) is 1.06. The molecule has 124 valence electrons. The van der Waals surface area contributed by atoms with Gasteiger partial charge < -0.3 is 13.7 Å². The molecule has 0 bridgehead atoms. The van der Waals surface area contributed by atoms with Gasteiger partial charge in [-0.1, -0.05) is 29.8 Å². The van der Waals surface area contributed by atoms with Crippen molar-refractivity contribution in [3.63, 3.8) is 0 Å². The molecular weight excluding hydrogens is 364 g/mol. The van der Waals surface area contributed by atoms with Gasteiger partial charge in [0.2, 0.25) is 0 Å². The fraction of sp³-hybridized carbons (Fsp3) is 0.647. The highest BCUT2D eigenvalue weighted by atomic mass is 79.9. The minimum absolute atomic E-state index is 0.121. The molecule has 0 aliphatic carbocycles. The molecule has 22 heavy (non-hydrogen) atoms. The molecule has 3 atom stereocenters. The highest BCUT2D eigenvalue weighted by molar-refractivity contribution is 9.09. The smallest absolute Gasteiger partial charge is 0.161 e. The second kappa shape index (κ2) is 8.46. The average molecular weight is 389 g/mol. The van der Waals surface area contributed by atoms with Crippen molar-refractivity contribution in [2.24, 2.45) is 11.8 Å². The van der Waals surface area contributed by atoms with Crippen LogP contribution in [0.2, 0.25) is 0 Å². The van der Waals surface area contributed by atoms with Gasteiger partial charge in [-0.3, -0.25) is 0 Å². The van der Waals surface area contributed by atoms with Crippen LogP contribution in [-0.2, 0) is 9.94 Å². The van der Waals surface area contributed by atoms with Gasteiger partial charge in [-0.05, 0) is 60.0 Å². The lowest BCUT2D eigenvalue weighted by Crippen LogP contribution is -2.17. The van der Waals surface area contributed by atoms with Crippen molar-refractivity contribution in [2.45, 2.75) is 38.5 Å². The van der Waals surface area contributed by atoms with Gasteiger partial charge in [0, 0.05) is 11.1 Å². The SMILES string of the molecule is COc1cc2c(cc1OC)C(C(C)CCC(C)CBr)OSC2. The summed E-state index contributed by atoms with van der Waals surface area (Å²) in [5.74, 6) is 3.61. The highest BCUT2D eigenvalue weighted by Gasteiger charge is 2.29. The molecule has 0 fully saturated rings. The molecular formula is C17H25BrO3S. The summed E-state index contributed by atoms with van der Waals surface area (Å²) < 4.78 is 16.9. The third-order valence-electron chi connectivity index (χ3n) is 4.23. The first-order chi connectivity index (χ1) is 10.6. The van der Waals surface area contributed by atoms with E-state index >= 15 is 0 Å². The minimum Gasteiger partial charge on any atom is -0.493 e. The summed E-state index contributed by atoms with van der Waals surface area (Å²) in [5.41, 5.74) is 2.54. The normalized spacial score (nSPS) is 20.1. The lowest BCUT2D eigenvalue weighted by molar-refractivity contribution is 0.157. The van der Waals surface area contributed by atoms with E-state index in [1.165, 1.54) is 17.5 Å². The van der Waals surface area contributed by atoms with Crippen LogP contribution in [0.5, 0.6) is 11.5 Å². The minimum atomic E-state index is 0.121. The zero-order valence-electron chi connectivity index (χ0n) is 13.7. The third-order valence-corrected chi connectivity index (χ3v) is 6.11. The fourth-order valence-electron chi connectivity index (χ4n) is 2.73. The van der Waals surface area contributed by atoms with Gasteiger partial charge in [0.15, 0.2) is 11.5 Å². The number of hydrogen-bond acceptors (Lipinski definition) is 4. The quantitative estimate of drug-likeness (QED) is 0.463. The van der Waals surface area contributed by atoms with E-state index in [4.69, 9.17) is 13.7 Å². The molecule has 0 aromatic heterocycles. The van der Waals surface area contributed by atoms with Crippen molar-refractivity contribution in [1.29, 1.82) is 0 Å². The summed E-state index contributed by atoms with van der Waals surface area (Å²) in [6, 6.07) is 4.17. The number of rotatable bonds is 7. The molecule has 2 rings (SSSR count). The van der Waals surface area contributed by atoms with Crippen LogP contribution in [0.25, 0.3) is 0 Å². The Kier molecular flexibility index (Phi) is 6.90. The van der Waals surface area contributed by atoms with Gasteiger partial charge in [-0.2, -0.15) is 0 Å². The molecule has 1 aliphatic heterocycles. The molecule has 0 N–H and O–H groups in total. The van der Waals surface area contributed by atoms with Crippen LogP contribution < -0.4 is 9.47 Å². The van der Waals surface area contributed by atoms with E-state index in [-0.39, 0.29) is 6.10 Å². The Morgan fingerprint density at radius 2 is 1.91 bits per heavy atom. The Hall–Kier alpha value is -0.390. The zero-order chi connectivity index (χ0) is 16.1. The Balaban J connectivity index is 2.19. The van der Waals surface area contributed by atoms with Crippen LogP contribution in [0.1, 0.15) is 43.9 Å². The van der Waals surface area contributed by atoms with Crippen LogP contribution in [0, 0.1) is 11.8 Å². The lowest BCUT2D eigenvalue weighted by atomic mass is 9.88. The summed E-state index contributed by atoms with van der Waals surface area (Å²) in [7, 11) is 3.36. The van der Waals surface area contributed by atoms with Crippen LogP contribution >= 0.6 is 28.0 Å². The van der Waals surface area contributed by atoms with Gasteiger partial charge >= 0.3 is 0 Å². The number of alkyl halides is 1. The third kappa shape index (κ3) is 4.12. The van der Waals surface area contributed by atoms with Crippen molar-refractivity contribution in [3.8, 4) is 11.5 Å². The monoisotopic (exact) mass is 388 g/mol. The Morgan fingerprint density at radius 1 is 1.23 bits per heavy atom. The molecule has 0 radical (unpaired) electrons.